The van der Waals surface area contributed by atoms with Crippen molar-refractivity contribution in [2.45, 2.75) is 36.4 Å². The molecule has 0 aromatic heterocycles. The topological polar surface area (TPSA) is 46.2 Å². The van der Waals surface area contributed by atoms with Gasteiger partial charge in [-0.25, -0.2) is 4.39 Å². The van der Waals surface area contributed by atoms with Crippen LogP contribution < -0.4 is 5.32 Å². The van der Waals surface area contributed by atoms with Gasteiger partial charge >= 0.3 is 0 Å². The molecule has 9 heteroatoms. The van der Waals surface area contributed by atoms with Crippen LogP contribution in [0.1, 0.15) is 46.7 Å². The SMILES string of the molecule is Cc1c(Cl)cc(NC(=O)C2C(c3ccc(F)c(Cl)c3)C2(Cl)Cl)cc1C(=O)CCCCCl. The highest BCUT2D eigenvalue weighted by molar-refractivity contribution is 6.53. The molecule has 1 aliphatic carbocycles. The first-order valence-corrected chi connectivity index (χ1v) is 11.7. The van der Waals surface area contributed by atoms with Gasteiger partial charge in [0, 0.05) is 34.5 Å². The average Bonchev–Trinajstić information content (AvgIpc) is 3.28. The summed E-state index contributed by atoms with van der Waals surface area (Å²) in [5, 5.41) is 3.03. The summed E-state index contributed by atoms with van der Waals surface area (Å²) in [5.41, 5.74) is 2.02. The van der Waals surface area contributed by atoms with Crippen molar-refractivity contribution in [2.75, 3.05) is 11.2 Å². The zero-order valence-electron chi connectivity index (χ0n) is 16.5. The van der Waals surface area contributed by atoms with Crippen molar-refractivity contribution < 1.29 is 14.0 Å². The Morgan fingerprint density at radius 2 is 1.81 bits per heavy atom. The largest absolute Gasteiger partial charge is 0.326 e. The molecule has 31 heavy (non-hydrogen) atoms. The monoisotopic (exact) mass is 523 g/mol. The number of alkyl halides is 3. The summed E-state index contributed by atoms with van der Waals surface area (Å²) >= 11 is 30.5. The number of anilines is 1. The quantitative estimate of drug-likeness (QED) is 0.220. The lowest BCUT2D eigenvalue weighted by molar-refractivity contribution is -0.117. The molecule has 1 amide bonds. The van der Waals surface area contributed by atoms with E-state index < -0.39 is 27.9 Å². The predicted octanol–water partition coefficient (Wildman–Crippen LogP) is 7.56. The number of hydrogen-bond acceptors (Lipinski definition) is 2. The third-order valence-electron chi connectivity index (χ3n) is 5.34. The number of amides is 1. The number of rotatable bonds is 8. The Bertz CT molecular complexity index is 1030. The summed E-state index contributed by atoms with van der Waals surface area (Å²) in [6.45, 7) is 1.75. The zero-order valence-corrected chi connectivity index (χ0v) is 20.2. The second kappa shape index (κ2) is 9.84. The van der Waals surface area contributed by atoms with Gasteiger partial charge in [-0.3, -0.25) is 9.59 Å². The van der Waals surface area contributed by atoms with Gasteiger partial charge in [-0.15, -0.1) is 34.8 Å². The minimum absolute atomic E-state index is 0.0738. The van der Waals surface area contributed by atoms with Gasteiger partial charge in [0.05, 0.1) is 10.9 Å². The van der Waals surface area contributed by atoms with E-state index in [1.54, 1.807) is 19.1 Å². The maximum Gasteiger partial charge on any atom is 0.231 e. The van der Waals surface area contributed by atoms with E-state index in [0.29, 0.717) is 46.1 Å². The Hall–Kier alpha value is -1.04. The highest BCUT2D eigenvalue weighted by Gasteiger charge is 2.67. The highest BCUT2D eigenvalue weighted by atomic mass is 35.5. The Morgan fingerprint density at radius 3 is 2.45 bits per heavy atom. The molecule has 0 spiro atoms. The first kappa shape index (κ1) is 24.6. The molecule has 1 aliphatic rings. The van der Waals surface area contributed by atoms with Crippen molar-refractivity contribution in [3.63, 3.8) is 0 Å². The molecule has 3 rings (SSSR count). The zero-order chi connectivity index (χ0) is 22.9. The normalized spacial score (nSPS) is 19.2. The van der Waals surface area contributed by atoms with Crippen LogP contribution in [-0.4, -0.2) is 21.9 Å². The molecule has 2 atom stereocenters. The molecule has 1 fully saturated rings. The standard InChI is InChI=1S/C22H19Cl5FNO2/c1-11-14(18(30)4-2-3-7-23)9-13(10-15(11)24)29-21(31)20-19(22(20,26)27)12-5-6-17(28)16(25)8-12/h5-6,8-10,19-20H,2-4,7H2,1H3,(H,29,31). The first-order chi connectivity index (χ1) is 14.6. The Labute approximate surface area is 205 Å². The average molecular weight is 526 g/mol. The van der Waals surface area contributed by atoms with Crippen LogP contribution >= 0.6 is 58.0 Å². The van der Waals surface area contributed by atoms with Crippen molar-refractivity contribution in [3.05, 3.63) is 62.9 Å². The van der Waals surface area contributed by atoms with Crippen LogP contribution in [0.3, 0.4) is 0 Å². The summed E-state index contributed by atoms with van der Waals surface area (Å²) in [4.78, 5) is 25.5. The molecule has 166 valence electrons. The number of benzene rings is 2. The smallest absolute Gasteiger partial charge is 0.231 e. The van der Waals surface area contributed by atoms with Crippen molar-refractivity contribution in [1.29, 1.82) is 0 Å². The van der Waals surface area contributed by atoms with Gasteiger partial charge in [0.15, 0.2) is 5.78 Å². The van der Waals surface area contributed by atoms with Gasteiger partial charge in [0.2, 0.25) is 5.91 Å². The molecule has 3 nitrogen and oxygen atoms in total. The molecule has 2 aromatic carbocycles. The Morgan fingerprint density at radius 1 is 1.10 bits per heavy atom. The molecule has 2 unspecified atom stereocenters. The minimum Gasteiger partial charge on any atom is -0.326 e. The van der Waals surface area contributed by atoms with Crippen molar-refractivity contribution in [2.24, 2.45) is 5.92 Å². The number of carbonyl (C=O) groups is 2. The Kier molecular flexibility index (Phi) is 7.81. The maximum absolute atomic E-state index is 13.5. The lowest BCUT2D eigenvalue weighted by Gasteiger charge is -2.12. The van der Waals surface area contributed by atoms with Crippen LogP contribution in [0.25, 0.3) is 0 Å². The summed E-state index contributed by atoms with van der Waals surface area (Å²) < 4.78 is 12.1. The van der Waals surface area contributed by atoms with E-state index in [1.807, 2.05) is 0 Å². The summed E-state index contributed by atoms with van der Waals surface area (Å²) in [6.07, 6.45) is 1.74. The van der Waals surface area contributed by atoms with Gasteiger partial charge < -0.3 is 5.32 Å². The van der Waals surface area contributed by atoms with E-state index in [1.165, 1.54) is 18.2 Å². The van der Waals surface area contributed by atoms with Gasteiger partial charge in [0.1, 0.15) is 10.2 Å². The second-order valence-electron chi connectivity index (χ2n) is 7.49. The van der Waals surface area contributed by atoms with Gasteiger partial charge in [0.25, 0.3) is 0 Å². The number of unbranched alkanes of at least 4 members (excludes halogenated alkanes) is 1. The fourth-order valence-electron chi connectivity index (χ4n) is 3.55. The van der Waals surface area contributed by atoms with E-state index in [9.17, 15) is 14.0 Å². The molecular weight excluding hydrogens is 507 g/mol. The summed E-state index contributed by atoms with van der Waals surface area (Å²) in [6, 6.07) is 7.28. The molecule has 0 radical (unpaired) electrons. The van der Waals surface area contributed by atoms with Crippen LogP contribution in [0.5, 0.6) is 0 Å². The molecule has 2 aromatic rings. The van der Waals surface area contributed by atoms with Crippen molar-refractivity contribution in [1.82, 2.24) is 0 Å². The first-order valence-electron chi connectivity index (χ1n) is 9.60. The van der Waals surface area contributed by atoms with Gasteiger partial charge in [-0.1, -0.05) is 29.3 Å². The van der Waals surface area contributed by atoms with E-state index in [0.717, 1.165) is 6.42 Å². The maximum atomic E-state index is 13.5. The molecular formula is C22H19Cl5FNO2. The van der Waals surface area contributed by atoms with Crippen LogP contribution in [-0.2, 0) is 4.79 Å². The van der Waals surface area contributed by atoms with Crippen LogP contribution in [0.4, 0.5) is 10.1 Å². The molecule has 1 saturated carbocycles. The van der Waals surface area contributed by atoms with Gasteiger partial charge in [-0.05, 0) is 55.2 Å². The molecule has 0 saturated heterocycles. The lowest BCUT2D eigenvalue weighted by Crippen LogP contribution is -2.17. The van der Waals surface area contributed by atoms with Crippen LogP contribution in [0.2, 0.25) is 10.0 Å². The van der Waals surface area contributed by atoms with E-state index in [2.05, 4.69) is 5.32 Å². The summed E-state index contributed by atoms with van der Waals surface area (Å²) in [7, 11) is 0. The number of carbonyl (C=O) groups excluding carboxylic acids is 2. The fourth-order valence-corrected chi connectivity index (χ4v) is 4.97. The third kappa shape index (κ3) is 5.31. The third-order valence-corrected chi connectivity index (χ3v) is 7.23. The van der Waals surface area contributed by atoms with Gasteiger partial charge in [-0.2, -0.15) is 0 Å². The fraction of sp³-hybridized carbons (Fsp3) is 0.364. The molecule has 0 aliphatic heterocycles. The number of hydrogen-bond donors (Lipinski definition) is 1. The van der Waals surface area contributed by atoms with E-state index >= 15 is 0 Å². The lowest BCUT2D eigenvalue weighted by atomic mass is 10.00. The number of halogens is 6. The predicted molar refractivity (Wildman–Crippen MR) is 126 cm³/mol. The van der Waals surface area contributed by atoms with Crippen LogP contribution in [0, 0.1) is 18.7 Å². The molecule has 1 N–H and O–H groups in total. The number of nitrogens with one attached hydrogen (secondary N) is 1. The number of Topliss-reactive ketones (excluding diaryl/α,β-unsaturated/α-hetero) is 1. The summed E-state index contributed by atoms with van der Waals surface area (Å²) in [5.74, 6) is -1.92. The number of ketones is 1. The van der Waals surface area contributed by atoms with E-state index in [-0.39, 0.29) is 10.8 Å². The highest BCUT2D eigenvalue weighted by Crippen LogP contribution is 2.65. The molecule has 0 heterocycles. The van der Waals surface area contributed by atoms with Crippen LogP contribution in [0.15, 0.2) is 30.3 Å². The van der Waals surface area contributed by atoms with E-state index in [4.69, 9.17) is 58.0 Å². The molecule has 0 bridgehead atoms. The Balaban J connectivity index is 1.78. The van der Waals surface area contributed by atoms with Crippen molar-refractivity contribution >= 4 is 75.4 Å². The van der Waals surface area contributed by atoms with Crippen molar-refractivity contribution in [3.8, 4) is 0 Å². The minimum atomic E-state index is -1.36. The second-order valence-corrected chi connectivity index (χ2v) is 10.1.